The summed E-state index contributed by atoms with van der Waals surface area (Å²) in [7, 11) is 0. The SMILES string of the molecule is Nc1ncc2cc(-c3c(Cl)cccc3Cl)c(=O)nc-2[nH]1. The van der Waals surface area contributed by atoms with E-state index in [0.717, 1.165) is 0 Å². The molecule has 7 heteroatoms. The Morgan fingerprint density at radius 1 is 1.20 bits per heavy atom. The molecule has 0 atom stereocenters. The summed E-state index contributed by atoms with van der Waals surface area (Å²) in [6, 6.07) is 6.68. The Labute approximate surface area is 123 Å². The number of aromatic nitrogens is 3. The number of H-pyrrole nitrogens is 1. The molecule has 0 fully saturated rings. The van der Waals surface area contributed by atoms with Crippen molar-refractivity contribution in [3.05, 3.63) is 50.9 Å². The number of hydrogen-bond acceptors (Lipinski definition) is 4. The Morgan fingerprint density at radius 3 is 2.60 bits per heavy atom. The zero-order chi connectivity index (χ0) is 14.3. The van der Waals surface area contributed by atoms with Crippen LogP contribution in [0.15, 0.2) is 35.3 Å². The van der Waals surface area contributed by atoms with Crippen LogP contribution in [0.4, 0.5) is 5.95 Å². The zero-order valence-electron chi connectivity index (χ0n) is 10.0. The van der Waals surface area contributed by atoms with Crippen molar-refractivity contribution in [2.75, 3.05) is 5.73 Å². The summed E-state index contributed by atoms with van der Waals surface area (Å²) >= 11 is 12.2. The lowest BCUT2D eigenvalue weighted by atomic mass is 10.0. The van der Waals surface area contributed by atoms with Gasteiger partial charge in [-0.3, -0.25) is 4.79 Å². The average molecular weight is 307 g/mol. The Hall–Kier alpha value is -2.11. The number of pyridine rings is 1. The fourth-order valence-electron chi connectivity index (χ4n) is 1.94. The fourth-order valence-corrected chi connectivity index (χ4v) is 2.54. The molecule has 3 rings (SSSR count). The van der Waals surface area contributed by atoms with E-state index >= 15 is 0 Å². The highest BCUT2D eigenvalue weighted by atomic mass is 35.5. The molecule has 0 aliphatic carbocycles. The summed E-state index contributed by atoms with van der Waals surface area (Å²) < 4.78 is 0. The summed E-state index contributed by atoms with van der Waals surface area (Å²) in [6.45, 7) is 0. The maximum Gasteiger partial charge on any atom is 0.279 e. The van der Waals surface area contributed by atoms with Crippen LogP contribution in [0.25, 0.3) is 22.5 Å². The van der Waals surface area contributed by atoms with E-state index in [2.05, 4.69) is 15.0 Å². The van der Waals surface area contributed by atoms with Crippen LogP contribution in [0.2, 0.25) is 10.0 Å². The van der Waals surface area contributed by atoms with Crippen LogP contribution < -0.4 is 11.3 Å². The quantitative estimate of drug-likeness (QED) is 0.724. The molecule has 1 aromatic rings. The van der Waals surface area contributed by atoms with Crippen molar-refractivity contribution in [2.24, 2.45) is 0 Å². The van der Waals surface area contributed by atoms with E-state index in [4.69, 9.17) is 28.9 Å². The van der Waals surface area contributed by atoms with Crippen molar-refractivity contribution in [3.8, 4) is 22.5 Å². The number of nitrogen functional groups attached to an aromatic ring is 1. The molecule has 1 aromatic carbocycles. The molecule has 0 saturated heterocycles. The van der Waals surface area contributed by atoms with E-state index in [1.54, 1.807) is 24.3 Å². The number of nitrogens with one attached hydrogen (secondary N) is 1. The Morgan fingerprint density at radius 2 is 1.90 bits per heavy atom. The maximum atomic E-state index is 12.1. The second-order valence-electron chi connectivity index (χ2n) is 4.14. The number of aromatic amines is 1. The van der Waals surface area contributed by atoms with Crippen LogP contribution >= 0.6 is 23.2 Å². The second-order valence-corrected chi connectivity index (χ2v) is 4.96. The van der Waals surface area contributed by atoms with Crippen LogP contribution in [-0.2, 0) is 0 Å². The molecule has 0 unspecified atom stereocenters. The highest BCUT2D eigenvalue weighted by Gasteiger charge is 2.16. The Kier molecular flexibility index (Phi) is 3.08. The number of nitrogens with zero attached hydrogens (tertiary/aromatic N) is 2. The van der Waals surface area contributed by atoms with Gasteiger partial charge in [0.15, 0.2) is 5.95 Å². The maximum absolute atomic E-state index is 12.1. The van der Waals surface area contributed by atoms with Crippen LogP contribution in [0.1, 0.15) is 0 Å². The minimum atomic E-state index is -0.436. The largest absolute Gasteiger partial charge is 0.369 e. The summed E-state index contributed by atoms with van der Waals surface area (Å²) in [5.41, 5.74) is 6.52. The van der Waals surface area contributed by atoms with Crippen molar-refractivity contribution in [1.29, 1.82) is 0 Å². The second kappa shape index (κ2) is 4.77. The minimum absolute atomic E-state index is 0.188. The highest BCUT2D eigenvalue weighted by molar-refractivity contribution is 6.39. The van der Waals surface area contributed by atoms with E-state index in [9.17, 15) is 4.79 Å². The molecule has 5 nitrogen and oxygen atoms in total. The molecule has 0 spiro atoms. The van der Waals surface area contributed by atoms with Gasteiger partial charge in [-0.2, -0.15) is 4.98 Å². The lowest BCUT2D eigenvalue weighted by molar-refractivity contribution is 1.10. The van der Waals surface area contributed by atoms with Gasteiger partial charge in [0.1, 0.15) is 5.82 Å². The van der Waals surface area contributed by atoms with Crippen molar-refractivity contribution in [3.63, 3.8) is 0 Å². The van der Waals surface area contributed by atoms with Crippen molar-refractivity contribution in [2.45, 2.75) is 0 Å². The molecule has 0 amide bonds. The van der Waals surface area contributed by atoms with Gasteiger partial charge in [-0.15, -0.1) is 0 Å². The third-order valence-electron chi connectivity index (χ3n) is 2.84. The molecule has 2 heterocycles. The third kappa shape index (κ3) is 2.11. The van der Waals surface area contributed by atoms with Crippen LogP contribution in [0, 0.1) is 0 Å². The van der Waals surface area contributed by atoms with Gasteiger partial charge in [-0.25, -0.2) is 4.98 Å². The Balaban J connectivity index is 2.33. The van der Waals surface area contributed by atoms with Crippen LogP contribution in [0.3, 0.4) is 0 Å². The normalized spacial score (nSPS) is 10.9. The van der Waals surface area contributed by atoms with Crippen LogP contribution in [0.5, 0.6) is 0 Å². The van der Waals surface area contributed by atoms with E-state index < -0.39 is 5.56 Å². The summed E-state index contributed by atoms with van der Waals surface area (Å²) in [6.07, 6.45) is 1.53. The van der Waals surface area contributed by atoms with Crippen LogP contribution in [-0.4, -0.2) is 15.0 Å². The van der Waals surface area contributed by atoms with Crippen molar-refractivity contribution >= 4 is 29.2 Å². The first-order valence-electron chi connectivity index (χ1n) is 5.66. The summed E-state index contributed by atoms with van der Waals surface area (Å²) in [5, 5.41) is 0.784. The van der Waals surface area contributed by atoms with Gasteiger partial charge in [0, 0.05) is 17.3 Å². The van der Waals surface area contributed by atoms with Gasteiger partial charge >= 0.3 is 0 Å². The predicted molar refractivity (Wildman–Crippen MR) is 79.1 cm³/mol. The molecule has 20 heavy (non-hydrogen) atoms. The van der Waals surface area contributed by atoms with Gasteiger partial charge in [0.05, 0.1) is 15.6 Å². The first kappa shape index (κ1) is 12.9. The van der Waals surface area contributed by atoms with E-state index in [0.29, 0.717) is 32.6 Å². The molecular weight excluding hydrogens is 299 g/mol. The summed E-state index contributed by atoms with van der Waals surface area (Å²) in [5.74, 6) is 0.558. The van der Waals surface area contributed by atoms with Gasteiger partial charge in [-0.05, 0) is 18.2 Å². The third-order valence-corrected chi connectivity index (χ3v) is 3.47. The monoisotopic (exact) mass is 306 g/mol. The number of halogens is 2. The fraction of sp³-hybridized carbons (Fsp3) is 0. The number of hydrogen-bond donors (Lipinski definition) is 2. The lowest BCUT2D eigenvalue weighted by Crippen LogP contribution is -2.13. The average Bonchev–Trinajstić information content (AvgIpc) is 2.39. The van der Waals surface area contributed by atoms with Gasteiger partial charge in [0.25, 0.3) is 5.56 Å². The molecule has 0 aromatic heterocycles. The van der Waals surface area contributed by atoms with Gasteiger partial charge in [-0.1, -0.05) is 29.3 Å². The standard InChI is InChI=1S/C13H8Cl2N4O/c14-8-2-1-3-9(15)10(8)7-4-6-5-17-13(16)19-11(6)18-12(7)20/h1-5H,(H3,16,17,18,19,20). The number of fused-ring (bicyclic) bond motifs is 1. The Bertz CT molecular complexity index is 811. The van der Waals surface area contributed by atoms with Gasteiger partial charge in [0.2, 0.25) is 0 Å². The molecule has 0 saturated carbocycles. The number of rotatable bonds is 1. The molecule has 0 bridgehead atoms. The number of nitrogens with two attached hydrogens (primary N) is 1. The number of benzene rings is 1. The van der Waals surface area contributed by atoms with E-state index in [-0.39, 0.29) is 5.95 Å². The first-order chi connectivity index (χ1) is 9.56. The zero-order valence-corrected chi connectivity index (χ0v) is 11.5. The first-order valence-corrected chi connectivity index (χ1v) is 6.42. The van der Waals surface area contributed by atoms with E-state index in [1.165, 1.54) is 6.20 Å². The molecule has 3 N–H and O–H groups in total. The molecule has 100 valence electrons. The topological polar surface area (TPSA) is 84.7 Å². The molecule has 2 aliphatic heterocycles. The molecule has 2 aliphatic rings. The highest BCUT2D eigenvalue weighted by Crippen LogP contribution is 2.34. The van der Waals surface area contributed by atoms with Crippen molar-refractivity contribution < 1.29 is 0 Å². The van der Waals surface area contributed by atoms with Crippen molar-refractivity contribution in [1.82, 2.24) is 15.0 Å². The molecular formula is C13H8Cl2N4O. The summed E-state index contributed by atoms with van der Waals surface area (Å²) in [4.78, 5) is 22.7. The predicted octanol–water partition coefficient (Wildman–Crippen LogP) is 2.83. The molecule has 0 radical (unpaired) electrons. The number of anilines is 1. The van der Waals surface area contributed by atoms with E-state index in [1.807, 2.05) is 0 Å². The van der Waals surface area contributed by atoms with Gasteiger partial charge < -0.3 is 10.7 Å². The minimum Gasteiger partial charge on any atom is -0.369 e. The smallest absolute Gasteiger partial charge is 0.279 e. The lowest BCUT2D eigenvalue weighted by Gasteiger charge is -2.09.